The second-order valence-electron chi connectivity index (χ2n) is 12.6. The van der Waals surface area contributed by atoms with Gasteiger partial charge in [-0.25, -0.2) is 4.79 Å². The lowest BCUT2D eigenvalue weighted by Gasteiger charge is -2.24. The Labute approximate surface area is 237 Å². The number of unbranched alkanes of at least 4 members (excludes halogenated alkanes) is 13. The molecule has 0 aliphatic carbocycles. The molecule has 8 heteroatoms. The standard InChI is InChI=1S/C31H57NO7/c1-30(2,3)38-28(36)22-20-18-16-14-12-10-8-7-9-11-13-15-17-19-21-26(33)32-25(23-24-27(34)35)29(37)39-31(4,5)6/h25H,7-24H2,1-6H3,(H,32,33)(H,34,35). The largest absolute Gasteiger partial charge is 0.481 e. The van der Waals surface area contributed by atoms with E-state index in [-0.39, 0.29) is 24.7 Å². The van der Waals surface area contributed by atoms with Gasteiger partial charge < -0.3 is 19.9 Å². The predicted octanol–water partition coefficient (Wildman–Crippen LogP) is 7.26. The van der Waals surface area contributed by atoms with Gasteiger partial charge in [-0.2, -0.15) is 0 Å². The number of hydrogen-bond donors (Lipinski definition) is 2. The molecule has 0 aliphatic rings. The van der Waals surface area contributed by atoms with Crippen LogP contribution in [0.25, 0.3) is 0 Å². The first-order valence-electron chi connectivity index (χ1n) is 15.2. The lowest BCUT2D eigenvalue weighted by atomic mass is 10.0. The number of amides is 1. The Hall–Kier alpha value is -2.12. The van der Waals surface area contributed by atoms with Crippen molar-refractivity contribution in [1.29, 1.82) is 0 Å². The van der Waals surface area contributed by atoms with Gasteiger partial charge in [-0.15, -0.1) is 0 Å². The van der Waals surface area contributed by atoms with E-state index in [1.54, 1.807) is 20.8 Å². The number of carboxylic acids is 1. The number of carbonyl (C=O) groups is 4. The van der Waals surface area contributed by atoms with Crippen molar-refractivity contribution < 1.29 is 33.8 Å². The number of carboxylic acid groups (broad SMARTS) is 1. The van der Waals surface area contributed by atoms with E-state index < -0.39 is 29.2 Å². The van der Waals surface area contributed by atoms with Crippen LogP contribution in [-0.2, 0) is 28.7 Å². The van der Waals surface area contributed by atoms with Crippen molar-refractivity contribution >= 4 is 23.8 Å². The SMILES string of the molecule is CC(C)(C)OC(=O)CCCCCCCCCCCCCCCCC(=O)NC(CCC(=O)O)C(=O)OC(C)(C)C. The smallest absolute Gasteiger partial charge is 0.329 e. The topological polar surface area (TPSA) is 119 Å². The first-order chi connectivity index (χ1) is 18.2. The number of esters is 2. The average Bonchev–Trinajstić information content (AvgIpc) is 2.79. The van der Waals surface area contributed by atoms with Gasteiger partial charge in [0.05, 0.1) is 0 Å². The molecule has 39 heavy (non-hydrogen) atoms. The Morgan fingerprint density at radius 3 is 1.36 bits per heavy atom. The van der Waals surface area contributed by atoms with E-state index in [0.29, 0.717) is 12.8 Å². The molecule has 0 aromatic heterocycles. The summed E-state index contributed by atoms with van der Waals surface area (Å²) in [5, 5.41) is 11.6. The van der Waals surface area contributed by atoms with Crippen LogP contribution in [0.1, 0.15) is 157 Å². The molecule has 0 aliphatic heterocycles. The third-order valence-electron chi connectivity index (χ3n) is 6.13. The highest BCUT2D eigenvalue weighted by atomic mass is 16.6. The quantitative estimate of drug-likeness (QED) is 0.107. The lowest BCUT2D eigenvalue weighted by molar-refractivity contribution is -0.159. The molecular weight excluding hydrogens is 498 g/mol. The zero-order chi connectivity index (χ0) is 29.7. The highest BCUT2D eigenvalue weighted by Crippen LogP contribution is 2.15. The predicted molar refractivity (Wildman–Crippen MR) is 154 cm³/mol. The van der Waals surface area contributed by atoms with Crippen molar-refractivity contribution in [2.45, 2.75) is 174 Å². The third-order valence-corrected chi connectivity index (χ3v) is 6.13. The van der Waals surface area contributed by atoms with Crippen molar-refractivity contribution in [2.24, 2.45) is 0 Å². The maximum absolute atomic E-state index is 12.3. The summed E-state index contributed by atoms with van der Waals surface area (Å²) >= 11 is 0. The molecule has 1 unspecified atom stereocenters. The molecule has 8 nitrogen and oxygen atoms in total. The first-order valence-corrected chi connectivity index (χ1v) is 15.2. The van der Waals surface area contributed by atoms with Crippen LogP contribution in [0.4, 0.5) is 0 Å². The van der Waals surface area contributed by atoms with Gasteiger partial charge in [0.15, 0.2) is 0 Å². The van der Waals surface area contributed by atoms with E-state index in [1.807, 2.05) is 20.8 Å². The molecule has 0 saturated carbocycles. The zero-order valence-corrected chi connectivity index (χ0v) is 25.7. The van der Waals surface area contributed by atoms with Crippen LogP contribution in [0.5, 0.6) is 0 Å². The summed E-state index contributed by atoms with van der Waals surface area (Å²) in [6.45, 7) is 10.9. The first kappa shape index (κ1) is 36.9. The summed E-state index contributed by atoms with van der Waals surface area (Å²) in [7, 11) is 0. The van der Waals surface area contributed by atoms with Crippen LogP contribution in [0.2, 0.25) is 0 Å². The van der Waals surface area contributed by atoms with Crippen LogP contribution < -0.4 is 5.32 Å². The van der Waals surface area contributed by atoms with Gasteiger partial charge in [-0.1, -0.05) is 77.0 Å². The molecule has 0 aromatic rings. The summed E-state index contributed by atoms with van der Waals surface area (Å²) in [6, 6.07) is -0.933. The number of hydrogen-bond acceptors (Lipinski definition) is 6. The molecule has 0 spiro atoms. The minimum atomic E-state index is -1.01. The van der Waals surface area contributed by atoms with E-state index in [1.165, 1.54) is 57.8 Å². The summed E-state index contributed by atoms with van der Waals surface area (Å²) in [5.74, 6) is -1.93. The number of carbonyl (C=O) groups excluding carboxylic acids is 3. The van der Waals surface area contributed by atoms with E-state index in [4.69, 9.17) is 14.6 Å². The minimum Gasteiger partial charge on any atom is -0.481 e. The van der Waals surface area contributed by atoms with Crippen molar-refractivity contribution in [3.05, 3.63) is 0 Å². The Morgan fingerprint density at radius 2 is 0.974 bits per heavy atom. The summed E-state index contributed by atoms with van der Waals surface area (Å²) in [4.78, 5) is 47.2. The van der Waals surface area contributed by atoms with Gasteiger partial charge in [-0.3, -0.25) is 14.4 Å². The normalized spacial score (nSPS) is 12.6. The van der Waals surface area contributed by atoms with Gasteiger partial charge in [0, 0.05) is 19.3 Å². The van der Waals surface area contributed by atoms with Crippen LogP contribution in [0.3, 0.4) is 0 Å². The molecule has 228 valence electrons. The maximum Gasteiger partial charge on any atom is 0.329 e. The van der Waals surface area contributed by atoms with E-state index in [2.05, 4.69) is 5.32 Å². The molecule has 0 heterocycles. The molecule has 1 amide bonds. The second-order valence-corrected chi connectivity index (χ2v) is 12.6. The van der Waals surface area contributed by atoms with Crippen LogP contribution in [0.15, 0.2) is 0 Å². The van der Waals surface area contributed by atoms with E-state index >= 15 is 0 Å². The molecule has 0 saturated heterocycles. The van der Waals surface area contributed by atoms with Crippen molar-refractivity contribution in [2.75, 3.05) is 0 Å². The van der Waals surface area contributed by atoms with Crippen molar-refractivity contribution in [3.8, 4) is 0 Å². The van der Waals surface area contributed by atoms with Crippen LogP contribution >= 0.6 is 0 Å². The Balaban J connectivity index is 3.71. The molecule has 2 N–H and O–H groups in total. The van der Waals surface area contributed by atoms with Crippen molar-refractivity contribution in [3.63, 3.8) is 0 Å². The lowest BCUT2D eigenvalue weighted by Crippen LogP contribution is -2.44. The number of nitrogens with one attached hydrogen (secondary N) is 1. The summed E-state index contributed by atoms with van der Waals surface area (Å²) in [5.41, 5.74) is -1.09. The summed E-state index contributed by atoms with van der Waals surface area (Å²) in [6.07, 6.45) is 16.6. The molecule has 0 aromatic carbocycles. The fourth-order valence-corrected chi connectivity index (χ4v) is 4.22. The zero-order valence-electron chi connectivity index (χ0n) is 25.7. The number of aliphatic carboxylic acids is 1. The van der Waals surface area contributed by atoms with E-state index in [9.17, 15) is 19.2 Å². The molecular formula is C31H57NO7. The highest BCUT2D eigenvalue weighted by Gasteiger charge is 2.27. The van der Waals surface area contributed by atoms with Gasteiger partial charge in [0.1, 0.15) is 17.2 Å². The third kappa shape index (κ3) is 25.9. The number of rotatable bonds is 22. The molecule has 1 atom stereocenters. The van der Waals surface area contributed by atoms with Gasteiger partial charge in [0.2, 0.25) is 5.91 Å². The monoisotopic (exact) mass is 555 g/mol. The maximum atomic E-state index is 12.3. The minimum absolute atomic E-state index is 0.0197. The molecule has 0 fully saturated rings. The number of ether oxygens (including phenoxy) is 2. The average molecular weight is 556 g/mol. The van der Waals surface area contributed by atoms with E-state index in [0.717, 1.165) is 32.1 Å². The molecule has 0 rings (SSSR count). The fraction of sp³-hybridized carbons (Fsp3) is 0.871. The van der Waals surface area contributed by atoms with Gasteiger partial charge in [-0.05, 0) is 60.8 Å². The van der Waals surface area contributed by atoms with Gasteiger partial charge in [0.25, 0.3) is 0 Å². The highest BCUT2D eigenvalue weighted by molar-refractivity contribution is 5.85. The molecule has 0 radical (unpaired) electrons. The second kappa shape index (κ2) is 20.7. The van der Waals surface area contributed by atoms with Gasteiger partial charge >= 0.3 is 17.9 Å². The van der Waals surface area contributed by atoms with Crippen molar-refractivity contribution in [1.82, 2.24) is 5.32 Å². The summed E-state index contributed by atoms with van der Waals surface area (Å²) < 4.78 is 10.6. The fourth-order valence-electron chi connectivity index (χ4n) is 4.22. The Bertz CT molecular complexity index is 707. The van der Waals surface area contributed by atoms with Crippen LogP contribution in [0, 0.1) is 0 Å². The van der Waals surface area contributed by atoms with Crippen LogP contribution in [-0.4, -0.2) is 46.2 Å². The Morgan fingerprint density at radius 1 is 0.590 bits per heavy atom. The molecule has 0 bridgehead atoms. The Kier molecular flexibility index (Phi) is 19.6.